The molecule has 0 aliphatic rings. The minimum Gasteiger partial charge on any atom is -0.463 e. The molecular weight excluding hydrogens is 214 g/mol. The Morgan fingerprint density at radius 2 is 2.06 bits per heavy atom. The van der Waals surface area contributed by atoms with Crippen molar-refractivity contribution in [2.45, 2.75) is 13.0 Å². The minimum absolute atomic E-state index is 0.580. The first-order chi connectivity index (χ1) is 8.25. The fourth-order valence-electron chi connectivity index (χ4n) is 2.10. The summed E-state index contributed by atoms with van der Waals surface area (Å²) in [6, 6.07) is 11.5. The van der Waals surface area contributed by atoms with Crippen LogP contribution < -0.4 is 0 Å². The normalized spacial score (nSPS) is 13.1. The summed E-state index contributed by atoms with van der Waals surface area (Å²) in [5.41, 5.74) is 1.88. The molecule has 0 bridgehead atoms. The number of benzene rings is 1. The topological polar surface area (TPSA) is 49.2 Å². The molecule has 2 aromatic heterocycles. The van der Waals surface area contributed by atoms with Gasteiger partial charge in [-0.1, -0.05) is 12.1 Å². The Kier molecular flexibility index (Phi) is 2.27. The molecule has 0 amide bonds. The van der Waals surface area contributed by atoms with Crippen molar-refractivity contribution < 1.29 is 9.52 Å². The number of furan rings is 1. The lowest BCUT2D eigenvalue weighted by Gasteiger charge is -2.09. The van der Waals surface area contributed by atoms with Crippen LogP contribution in [-0.2, 0) is 0 Å². The number of H-pyrrole nitrogens is 1. The van der Waals surface area contributed by atoms with E-state index in [-0.39, 0.29) is 0 Å². The van der Waals surface area contributed by atoms with E-state index in [1.807, 2.05) is 49.5 Å². The Hall–Kier alpha value is -2.00. The molecule has 0 spiro atoms. The first kappa shape index (κ1) is 10.2. The van der Waals surface area contributed by atoms with Crippen LogP contribution in [0.2, 0.25) is 0 Å². The second-order valence-electron chi connectivity index (χ2n) is 4.14. The maximum absolute atomic E-state index is 10.3. The predicted molar refractivity (Wildman–Crippen MR) is 65.8 cm³/mol. The van der Waals surface area contributed by atoms with Crippen molar-refractivity contribution in [3.8, 4) is 0 Å². The van der Waals surface area contributed by atoms with E-state index in [4.69, 9.17) is 4.42 Å². The number of aryl methyl sites for hydroxylation is 1. The Balaban J connectivity index is 2.12. The van der Waals surface area contributed by atoms with Crippen LogP contribution in [0.5, 0.6) is 0 Å². The quantitative estimate of drug-likeness (QED) is 0.706. The van der Waals surface area contributed by atoms with E-state index in [0.29, 0.717) is 5.76 Å². The zero-order valence-corrected chi connectivity index (χ0v) is 9.47. The summed E-state index contributed by atoms with van der Waals surface area (Å²) in [4.78, 5) is 3.13. The van der Waals surface area contributed by atoms with Crippen LogP contribution in [0.1, 0.15) is 23.2 Å². The Morgan fingerprint density at radius 1 is 1.18 bits per heavy atom. The van der Waals surface area contributed by atoms with Crippen molar-refractivity contribution in [1.82, 2.24) is 4.98 Å². The van der Waals surface area contributed by atoms with Gasteiger partial charge < -0.3 is 14.5 Å². The maximum Gasteiger partial charge on any atom is 0.137 e. The fraction of sp³-hybridized carbons (Fsp3) is 0.143. The number of hydrogen-bond acceptors (Lipinski definition) is 2. The van der Waals surface area contributed by atoms with Gasteiger partial charge in [-0.3, -0.25) is 0 Å². The van der Waals surface area contributed by atoms with E-state index < -0.39 is 6.10 Å². The molecule has 1 atom stereocenters. The predicted octanol–water partition coefficient (Wildman–Crippen LogP) is 3.15. The van der Waals surface area contributed by atoms with Crippen molar-refractivity contribution >= 4 is 10.9 Å². The van der Waals surface area contributed by atoms with Crippen molar-refractivity contribution in [2.75, 3.05) is 0 Å². The number of hydrogen-bond donors (Lipinski definition) is 2. The number of aromatic amines is 1. The molecule has 3 heteroatoms. The van der Waals surface area contributed by atoms with Crippen molar-refractivity contribution in [2.24, 2.45) is 0 Å². The SMILES string of the molecule is Cc1ccc(C(O)c2cccc3[nH]ccc23)o1. The van der Waals surface area contributed by atoms with Crippen LogP contribution in [0, 0.1) is 6.92 Å². The molecule has 3 nitrogen and oxygen atoms in total. The lowest BCUT2D eigenvalue weighted by molar-refractivity contribution is 0.189. The maximum atomic E-state index is 10.3. The molecule has 0 radical (unpaired) electrons. The Labute approximate surface area is 98.7 Å². The van der Waals surface area contributed by atoms with Crippen molar-refractivity contribution in [3.05, 3.63) is 59.7 Å². The third-order valence-electron chi connectivity index (χ3n) is 2.95. The zero-order valence-electron chi connectivity index (χ0n) is 9.47. The van der Waals surface area contributed by atoms with Gasteiger partial charge in [0.15, 0.2) is 0 Å². The average molecular weight is 227 g/mol. The largest absolute Gasteiger partial charge is 0.463 e. The molecular formula is C14H13NO2. The monoisotopic (exact) mass is 227 g/mol. The summed E-state index contributed by atoms with van der Waals surface area (Å²) in [6.45, 7) is 1.87. The first-order valence-electron chi connectivity index (χ1n) is 5.56. The van der Waals surface area contributed by atoms with E-state index in [0.717, 1.165) is 22.2 Å². The Morgan fingerprint density at radius 3 is 2.82 bits per heavy atom. The number of fused-ring (bicyclic) bond motifs is 1. The molecule has 2 heterocycles. The van der Waals surface area contributed by atoms with E-state index in [9.17, 15) is 5.11 Å². The van der Waals surface area contributed by atoms with E-state index in [1.54, 1.807) is 0 Å². The summed E-state index contributed by atoms with van der Waals surface area (Å²) < 4.78 is 5.46. The summed E-state index contributed by atoms with van der Waals surface area (Å²) in [6.07, 6.45) is 1.15. The molecule has 1 unspecified atom stereocenters. The van der Waals surface area contributed by atoms with Crippen LogP contribution in [0.15, 0.2) is 47.0 Å². The molecule has 0 saturated heterocycles. The lowest BCUT2D eigenvalue weighted by atomic mass is 10.0. The van der Waals surface area contributed by atoms with Gasteiger partial charge in [0.1, 0.15) is 17.6 Å². The molecule has 17 heavy (non-hydrogen) atoms. The van der Waals surface area contributed by atoms with Gasteiger partial charge in [-0.2, -0.15) is 0 Å². The number of aliphatic hydroxyl groups is 1. The minimum atomic E-state index is -0.719. The molecule has 0 saturated carbocycles. The second kappa shape index (κ2) is 3.79. The van der Waals surface area contributed by atoms with Gasteiger partial charge in [-0.15, -0.1) is 0 Å². The fourth-order valence-corrected chi connectivity index (χ4v) is 2.10. The van der Waals surface area contributed by atoms with Crippen molar-refractivity contribution in [3.63, 3.8) is 0 Å². The number of aromatic nitrogens is 1. The van der Waals surface area contributed by atoms with Gasteiger partial charge in [-0.05, 0) is 36.8 Å². The van der Waals surface area contributed by atoms with Crippen LogP contribution in [-0.4, -0.2) is 10.1 Å². The summed E-state index contributed by atoms with van der Waals surface area (Å²) >= 11 is 0. The second-order valence-corrected chi connectivity index (χ2v) is 4.14. The van der Waals surface area contributed by atoms with Gasteiger partial charge in [0.25, 0.3) is 0 Å². The molecule has 1 aromatic carbocycles. The third-order valence-corrected chi connectivity index (χ3v) is 2.95. The smallest absolute Gasteiger partial charge is 0.137 e. The summed E-state index contributed by atoms with van der Waals surface area (Å²) in [5.74, 6) is 1.39. The number of aliphatic hydroxyl groups excluding tert-OH is 1. The van der Waals surface area contributed by atoms with Gasteiger partial charge in [0, 0.05) is 17.1 Å². The van der Waals surface area contributed by atoms with Crippen LogP contribution in [0.4, 0.5) is 0 Å². The summed E-state index contributed by atoms with van der Waals surface area (Å²) in [5, 5.41) is 11.3. The highest BCUT2D eigenvalue weighted by molar-refractivity contribution is 5.83. The molecule has 0 aliphatic heterocycles. The van der Waals surface area contributed by atoms with E-state index in [2.05, 4.69) is 4.98 Å². The van der Waals surface area contributed by atoms with Crippen LogP contribution in [0.25, 0.3) is 10.9 Å². The van der Waals surface area contributed by atoms with Gasteiger partial charge in [0.05, 0.1) is 0 Å². The number of rotatable bonds is 2. The number of nitrogens with one attached hydrogen (secondary N) is 1. The highest BCUT2D eigenvalue weighted by Crippen LogP contribution is 2.29. The molecule has 0 aliphatic carbocycles. The first-order valence-corrected chi connectivity index (χ1v) is 5.56. The molecule has 86 valence electrons. The molecule has 2 N–H and O–H groups in total. The highest BCUT2D eigenvalue weighted by atomic mass is 16.4. The van der Waals surface area contributed by atoms with Crippen LogP contribution in [0.3, 0.4) is 0 Å². The standard InChI is InChI=1S/C14H13NO2/c1-9-5-6-13(17-9)14(16)11-3-2-4-12-10(11)7-8-15-12/h2-8,14-16H,1H3. The van der Waals surface area contributed by atoms with Gasteiger partial charge in [-0.25, -0.2) is 0 Å². The molecule has 3 rings (SSSR count). The van der Waals surface area contributed by atoms with E-state index >= 15 is 0 Å². The van der Waals surface area contributed by atoms with Gasteiger partial charge >= 0.3 is 0 Å². The highest BCUT2D eigenvalue weighted by Gasteiger charge is 2.16. The van der Waals surface area contributed by atoms with Gasteiger partial charge in [0.2, 0.25) is 0 Å². The zero-order chi connectivity index (χ0) is 11.8. The Bertz CT molecular complexity index is 651. The van der Waals surface area contributed by atoms with E-state index in [1.165, 1.54) is 0 Å². The molecule has 0 fully saturated rings. The van der Waals surface area contributed by atoms with Crippen LogP contribution >= 0.6 is 0 Å². The average Bonchev–Trinajstić information content (AvgIpc) is 2.95. The third kappa shape index (κ3) is 1.65. The molecule has 3 aromatic rings. The lowest BCUT2D eigenvalue weighted by Crippen LogP contribution is -1.98. The van der Waals surface area contributed by atoms with Crippen molar-refractivity contribution in [1.29, 1.82) is 0 Å². The summed E-state index contributed by atoms with van der Waals surface area (Å²) in [7, 11) is 0.